The van der Waals surface area contributed by atoms with Gasteiger partial charge in [0.1, 0.15) is 5.76 Å². The quantitative estimate of drug-likeness (QED) is 0.774. The SMILES string of the molecule is CCC(C)C(C)NS(=O)(=O)c1ccc(CNC(C)C)o1. The van der Waals surface area contributed by atoms with Gasteiger partial charge in [0.15, 0.2) is 0 Å². The Labute approximate surface area is 122 Å². The summed E-state index contributed by atoms with van der Waals surface area (Å²) in [5, 5.41) is 3.17. The van der Waals surface area contributed by atoms with E-state index in [1.807, 2.05) is 34.6 Å². The lowest BCUT2D eigenvalue weighted by atomic mass is 10.0. The molecule has 1 aromatic rings. The van der Waals surface area contributed by atoms with Crippen molar-refractivity contribution in [2.45, 2.75) is 64.8 Å². The van der Waals surface area contributed by atoms with E-state index in [2.05, 4.69) is 10.0 Å². The van der Waals surface area contributed by atoms with Gasteiger partial charge in [0.2, 0.25) is 5.09 Å². The first-order valence-corrected chi connectivity index (χ1v) is 8.59. The topological polar surface area (TPSA) is 71.3 Å². The van der Waals surface area contributed by atoms with Gasteiger partial charge in [0, 0.05) is 12.1 Å². The van der Waals surface area contributed by atoms with E-state index < -0.39 is 10.0 Å². The van der Waals surface area contributed by atoms with Crippen LogP contribution in [0, 0.1) is 5.92 Å². The van der Waals surface area contributed by atoms with Crippen LogP contribution in [0.4, 0.5) is 0 Å². The minimum Gasteiger partial charge on any atom is -0.447 e. The van der Waals surface area contributed by atoms with Crippen LogP contribution in [-0.2, 0) is 16.6 Å². The Bertz CT molecular complexity index is 508. The molecule has 0 radical (unpaired) electrons. The summed E-state index contributed by atoms with van der Waals surface area (Å²) in [6.45, 7) is 10.5. The van der Waals surface area contributed by atoms with Gasteiger partial charge in [-0.15, -0.1) is 0 Å². The van der Waals surface area contributed by atoms with E-state index in [4.69, 9.17) is 4.42 Å². The molecule has 20 heavy (non-hydrogen) atoms. The van der Waals surface area contributed by atoms with Gasteiger partial charge in [0.05, 0.1) is 6.54 Å². The molecular weight excluding hydrogens is 276 g/mol. The highest BCUT2D eigenvalue weighted by molar-refractivity contribution is 7.89. The summed E-state index contributed by atoms with van der Waals surface area (Å²) in [4.78, 5) is 0. The number of rotatable bonds is 8. The number of sulfonamides is 1. The highest BCUT2D eigenvalue weighted by Crippen LogP contribution is 2.16. The number of hydrogen-bond acceptors (Lipinski definition) is 4. The van der Waals surface area contributed by atoms with Crippen LogP contribution in [-0.4, -0.2) is 20.5 Å². The molecule has 0 aromatic carbocycles. The second kappa shape index (κ2) is 7.24. The Hall–Kier alpha value is -0.850. The lowest BCUT2D eigenvalue weighted by Gasteiger charge is -2.18. The number of furan rings is 1. The first kappa shape index (κ1) is 17.2. The molecule has 0 bridgehead atoms. The van der Waals surface area contributed by atoms with Crippen LogP contribution in [0.2, 0.25) is 0 Å². The van der Waals surface area contributed by atoms with E-state index in [9.17, 15) is 8.42 Å². The minimum absolute atomic E-state index is 0.0202. The van der Waals surface area contributed by atoms with E-state index >= 15 is 0 Å². The van der Waals surface area contributed by atoms with E-state index in [0.29, 0.717) is 18.3 Å². The number of nitrogens with one attached hydrogen (secondary N) is 2. The second-order valence-corrected chi connectivity index (χ2v) is 7.20. The Morgan fingerprint density at radius 1 is 1.20 bits per heavy atom. The van der Waals surface area contributed by atoms with Gasteiger partial charge in [-0.05, 0) is 25.0 Å². The standard InChI is InChI=1S/C14H26N2O3S/c1-6-11(4)12(5)16-20(17,18)14-8-7-13(19-14)9-15-10(2)3/h7-8,10-12,15-16H,6,9H2,1-5H3. The van der Waals surface area contributed by atoms with E-state index in [1.54, 1.807) is 6.07 Å². The van der Waals surface area contributed by atoms with Gasteiger partial charge in [0.25, 0.3) is 10.0 Å². The molecule has 5 nitrogen and oxygen atoms in total. The molecule has 1 aromatic heterocycles. The van der Waals surface area contributed by atoms with Crippen molar-refractivity contribution in [3.05, 3.63) is 17.9 Å². The van der Waals surface area contributed by atoms with E-state index in [0.717, 1.165) is 6.42 Å². The average Bonchev–Trinajstić information content (AvgIpc) is 2.84. The van der Waals surface area contributed by atoms with Crippen molar-refractivity contribution >= 4 is 10.0 Å². The smallest absolute Gasteiger partial charge is 0.274 e. The Balaban J connectivity index is 2.73. The van der Waals surface area contributed by atoms with Crippen LogP contribution < -0.4 is 10.0 Å². The Kier molecular flexibility index (Phi) is 6.23. The van der Waals surface area contributed by atoms with Crippen molar-refractivity contribution in [3.8, 4) is 0 Å². The van der Waals surface area contributed by atoms with Crippen LogP contribution in [0.15, 0.2) is 21.6 Å². The Morgan fingerprint density at radius 2 is 1.85 bits per heavy atom. The van der Waals surface area contributed by atoms with Crippen molar-refractivity contribution in [2.75, 3.05) is 0 Å². The molecule has 0 aliphatic carbocycles. The molecule has 0 spiro atoms. The maximum Gasteiger partial charge on any atom is 0.274 e. The maximum absolute atomic E-state index is 12.2. The summed E-state index contributed by atoms with van der Waals surface area (Å²) in [6.07, 6.45) is 0.922. The summed E-state index contributed by atoms with van der Waals surface area (Å²) in [5.41, 5.74) is 0. The highest BCUT2D eigenvalue weighted by Gasteiger charge is 2.23. The molecule has 0 saturated carbocycles. The van der Waals surface area contributed by atoms with Gasteiger partial charge in [-0.2, -0.15) is 0 Å². The van der Waals surface area contributed by atoms with Gasteiger partial charge in [-0.25, -0.2) is 13.1 Å². The summed E-state index contributed by atoms with van der Waals surface area (Å²) < 4.78 is 32.4. The zero-order valence-corrected chi connectivity index (χ0v) is 13.8. The third-order valence-electron chi connectivity index (χ3n) is 3.42. The van der Waals surface area contributed by atoms with Crippen LogP contribution in [0.25, 0.3) is 0 Å². The molecule has 0 aliphatic heterocycles. The summed E-state index contributed by atoms with van der Waals surface area (Å²) in [5.74, 6) is 0.900. The third kappa shape index (κ3) is 4.92. The first-order valence-electron chi connectivity index (χ1n) is 7.10. The molecule has 116 valence electrons. The molecule has 0 aliphatic rings. The molecule has 6 heteroatoms. The predicted molar refractivity (Wildman–Crippen MR) is 79.9 cm³/mol. The molecule has 1 heterocycles. The minimum atomic E-state index is -3.58. The van der Waals surface area contributed by atoms with E-state index in [-0.39, 0.29) is 17.1 Å². The van der Waals surface area contributed by atoms with Crippen LogP contribution >= 0.6 is 0 Å². The molecule has 0 fully saturated rings. The fourth-order valence-electron chi connectivity index (χ4n) is 1.67. The van der Waals surface area contributed by atoms with Crippen molar-refractivity contribution in [1.82, 2.24) is 10.0 Å². The summed E-state index contributed by atoms with van der Waals surface area (Å²) >= 11 is 0. The van der Waals surface area contributed by atoms with Crippen LogP contribution in [0.3, 0.4) is 0 Å². The van der Waals surface area contributed by atoms with Crippen molar-refractivity contribution in [1.29, 1.82) is 0 Å². The van der Waals surface area contributed by atoms with Gasteiger partial charge >= 0.3 is 0 Å². The summed E-state index contributed by atoms with van der Waals surface area (Å²) in [6, 6.07) is 3.40. The highest BCUT2D eigenvalue weighted by atomic mass is 32.2. The molecule has 2 atom stereocenters. The zero-order chi connectivity index (χ0) is 15.3. The van der Waals surface area contributed by atoms with E-state index in [1.165, 1.54) is 6.07 Å². The van der Waals surface area contributed by atoms with Crippen molar-refractivity contribution in [3.63, 3.8) is 0 Å². The second-order valence-electron chi connectivity index (χ2n) is 5.55. The van der Waals surface area contributed by atoms with Gasteiger partial charge in [-0.3, -0.25) is 0 Å². The van der Waals surface area contributed by atoms with Crippen molar-refractivity contribution in [2.24, 2.45) is 5.92 Å². The maximum atomic E-state index is 12.2. The predicted octanol–water partition coefficient (Wildman–Crippen LogP) is 2.49. The molecule has 1 rings (SSSR count). The molecule has 0 amide bonds. The number of hydrogen-bond donors (Lipinski definition) is 2. The fraction of sp³-hybridized carbons (Fsp3) is 0.714. The lowest BCUT2D eigenvalue weighted by molar-refractivity contribution is 0.384. The van der Waals surface area contributed by atoms with Gasteiger partial charge in [-0.1, -0.05) is 34.1 Å². The first-order chi connectivity index (χ1) is 9.26. The normalized spacial score (nSPS) is 15.5. The monoisotopic (exact) mass is 302 g/mol. The van der Waals surface area contributed by atoms with Crippen LogP contribution in [0.5, 0.6) is 0 Å². The molecular formula is C14H26N2O3S. The van der Waals surface area contributed by atoms with Crippen LogP contribution in [0.1, 0.15) is 46.8 Å². The fourth-order valence-corrected chi connectivity index (χ4v) is 2.98. The average molecular weight is 302 g/mol. The molecule has 2 N–H and O–H groups in total. The zero-order valence-electron chi connectivity index (χ0n) is 12.9. The summed E-state index contributed by atoms with van der Waals surface area (Å²) in [7, 11) is -3.58. The molecule has 2 unspecified atom stereocenters. The lowest BCUT2D eigenvalue weighted by Crippen LogP contribution is -2.36. The van der Waals surface area contributed by atoms with Crippen molar-refractivity contribution < 1.29 is 12.8 Å². The molecule has 0 saturated heterocycles. The van der Waals surface area contributed by atoms with Gasteiger partial charge < -0.3 is 9.73 Å². The largest absolute Gasteiger partial charge is 0.447 e. The Morgan fingerprint density at radius 3 is 2.40 bits per heavy atom. The third-order valence-corrected chi connectivity index (χ3v) is 4.86.